The Kier molecular flexibility index (Phi) is 4.94. The van der Waals surface area contributed by atoms with Gasteiger partial charge in [0.1, 0.15) is 11.8 Å². The molecule has 2 heterocycles. The summed E-state index contributed by atoms with van der Waals surface area (Å²) in [6, 6.07) is 17.2. The van der Waals surface area contributed by atoms with Crippen LogP contribution in [0.15, 0.2) is 59.1 Å². The van der Waals surface area contributed by atoms with Gasteiger partial charge in [-0.05, 0) is 29.8 Å². The van der Waals surface area contributed by atoms with Gasteiger partial charge in [-0.3, -0.25) is 4.79 Å². The third-order valence-electron chi connectivity index (χ3n) is 4.46. The van der Waals surface area contributed by atoms with Crippen LogP contribution in [0.1, 0.15) is 22.2 Å². The van der Waals surface area contributed by atoms with E-state index < -0.39 is 0 Å². The third kappa shape index (κ3) is 3.47. The number of halogens is 2. The van der Waals surface area contributed by atoms with E-state index in [9.17, 15) is 4.79 Å². The Morgan fingerprint density at radius 1 is 1.19 bits per heavy atom. The molecule has 4 nitrogen and oxygen atoms in total. The second kappa shape index (κ2) is 7.35. The molecule has 0 radical (unpaired) electrons. The molecule has 1 saturated heterocycles. The molecule has 0 spiro atoms. The molecular formula is C20H16BrClN2O2. The minimum Gasteiger partial charge on any atom is -0.370 e. The second-order valence-electron chi connectivity index (χ2n) is 6.17. The molecule has 132 valence electrons. The maximum absolute atomic E-state index is 13.0. The van der Waals surface area contributed by atoms with Gasteiger partial charge in [0.05, 0.1) is 23.7 Å². The summed E-state index contributed by atoms with van der Waals surface area (Å²) >= 11 is 9.83. The highest BCUT2D eigenvalue weighted by Crippen LogP contribution is 2.27. The molecule has 1 unspecified atom stereocenters. The number of carbonyl (C=O) groups excluding carboxylic acids is 1. The van der Waals surface area contributed by atoms with E-state index in [2.05, 4.69) is 20.9 Å². The fourth-order valence-corrected chi connectivity index (χ4v) is 3.83. The standard InChI is InChI=1S/C20H16BrClN2O2/c21-14-5-3-4-13(10-14)19-12-24(8-9-26-19)20(25)18-11-16(22)15-6-1-2-7-17(15)23-18/h1-7,10-11,19H,8-9,12H2. The zero-order valence-corrected chi connectivity index (χ0v) is 16.2. The van der Waals surface area contributed by atoms with Crippen molar-refractivity contribution < 1.29 is 9.53 Å². The third-order valence-corrected chi connectivity index (χ3v) is 5.26. The molecule has 1 aliphatic rings. The molecule has 1 aliphatic heterocycles. The SMILES string of the molecule is O=C(c1cc(Cl)c2ccccc2n1)N1CCOC(c2cccc(Br)c2)C1. The van der Waals surface area contributed by atoms with Gasteiger partial charge in [-0.2, -0.15) is 0 Å². The number of aromatic nitrogens is 1. The lowest BCUT2D eigenvalue weighted by Crippen LogP contribution is -2.42. The number of amides is 1. The Bertz CT molecular complexity index is 979. The average molecular weight is 432 g/mol. The van der Waals surface area contributed by atoms with Crippen molar-refractivity contribution in [1.29, 1.82) is 0 Å². The molecule has 2 aromatic carbocycles. The van der Waals surface area contributed by atoms with Crippen molar-refractivity contribution in [2.75, 3.05) is 19.7 Å². The number of rotatable bonds is 2. The quantitative estimate of drug-likeness (QED) is 0.582. The molecule has 26 heavy (non-hydrogen) atoms. The molecule has 3 aromatic rings. The lowest BCUT2D eigenvalue weighted by atomic mass is 10.1. The number of para-hydroxylation sites is 1. The molecule has 0 bridgehead atoms. The van der Waals surface area contributed by atoms with Gasteiger partial charge in [0.15, 0.2) is 0 Å². The fourth-order valence-electron chi connectivity index (χ4n) is 3.15. The van der Waals surface area contributed by atoms with Gasteiger partial charge in [-0.25, -0.2) is 4.98 Å². The number of morpholine rings is 1. The summed E-state index contributed by atoms with van der Waals surface area (Å²) in [5.74, 6) is -0.124. The number of pyridine rings is 1. The van der Waals surface area contributed by atoms with Crippen LogP contribution in [0.5, 0.6) is 0 Å². The Morgan fingerprint density at radius 2 is 2.04 bits per heavy atom. The van der Waals surface area contributed by atoms with Crippen molar-refractivity contribution >= 4 is 44.3 Å². The van der Waals surface area contributed by atoms with Crippen LogP contribution in [-0.2, 0) is 4.74 Å². The van der Waals surface area contributed by atoms with Crippen LogP contribution in [0.3, 0.4) is 0 Å². The lowest BCUT2D eigenvalue weighted by molar-refractivity contribution is -0.0230. The zero-order chi connectivity index (χ0) is 18.1. The number of nitrogens with zero attached hydrogens (tertiary/aromatic N) is 2. The van der Waals surface area contributed by atoms with E-state index in [1.165, 1.54) is 0 Å². The predicted molar refractivity (Wildman–Crippen MR) is 105 cm³/mol. The van der Waals surface area contributed by atoms with Crippen LogP contribution in [0.4, 0.5) is 0 Å². The summed E-state index contributed by atoms with van der Waals surface area (Å²) in [5.41, 5.74) is 2.13. The minimum absolute atomic E-state index is 0.124. The van der Waals surface area contributed by atoms with Gasteiger partial charge in [0.2, 0.25) is 0 Å². The topological polar surface area (TPSA) is 42.4 Å². The van der Waals surface area contributed by atoms with Gasteiger partial charge in [-0.15, -0.1) is 0 Å². The number of carbonyl (C=O) groups is 1. The number of fused-ring (bicyclic) bond motifs is 1. The van der Waals surface area contributed by atoms with Crippen LogP contribution in [0, 0.1) is 0 Å². The van der Waals surface area contributed by atoms with Crippen molar-refractivity contribution in [3.8, 4) is 0 Å². The van der Waals surface area contributed by atoms with E-state index in [0.717, 1.165) is 20.9 Å². The first kappa shape index (κ1) is 17.5. The van der Waals surface area contributed by atoms with Crippen LogP contribution < -0.4 is 0 Å². The highest BCUT2D eigenvalue weighted by Gasteiger charge is 2.27. The molecule has 0 aliphatic carbocycles. The lowest BCUT2D eigenvalue weighted by Gasteiger charge is -2.33. The molecule has 4 rings (SSSR count). The average Bonchev–Trinajstić information content (AvgIpc) is 2.67. The van der Waals surface area contributed by atoms with Crippen molar-refractivity contribution in [2.24, 2.45) is 0 Å². The Balaban J connectivity index is 1.60. The van der Waals surface area contributed by atoms with Crippen LogP contribution in [0.25, 0.3) is 10.9 Å². The summed E-state index contributed by atoms with van der Waals surface area (Å²) in [7, 11) is 0. The van der Waals surface area contributed by atoms with Gasteiger partial charge >= 0.3 is 0 Å². The first-order valence-corrected chi connectivity index (χ1v) is 9.50. The Morgan fingerprint density at radius 3 is 2.88 bits per heavy atom. The van der Waals surface area contributed by atoms with Crippen LogP contribution in [-0.4, -0.2) is 35.5 Å². The Hall–Kier alpha value is -1.95. The van der Waals surface area contributed by atoms with Crippen molar-refractivity contribution in [2.45, 2.75) is 6.10 Å². The monoisotopic (exact) mass is 430 g/mol. The molecule has 1 amide bonds. The molecule has 1 atom stereocenters. The number of hydrogen-bond acceptors (Lipinski definition) is 3. The van der Waals surface area contributed by atoms with E-state index in [1.807, 2.05) is 48.5 Å². The largest absolute Gasteiger partial charge is 0.370 e. The number of hydrogen-bond donors (Lipinski definition) is 0. The maximum atomic E-state index is 13.0. The summed E-state index contributed by atoms with van der Waals surface area (Å²) in [5, 5.41) is 1.38. The first-order chi connectivity index (χ1) is 12.6. The fraction of sp³-hybridized carbons (Fsp3) is 0.200. The van der Waals surface area contributed by atoms with Crippen LogP contribution >= 0.6 is 27.5 Å². The smallest absolute Gasteiger partial charge is 0.272 e. The van der Waals surface area contributed by atoms with E-state index >= 15 is 0 Å². The van der Waals surface area contributed by atoms with Gasteiger partial charge in [0.25, 0.3) is 5.91 Å². The second-order valence-corrected chi connectivity index (χ2v) is 7.49. The van der Waals surface area contributed by atoms with Gasteiger partial charge < -0.3 is 9.64 Å². The van der Waals surface area contributed by atoms with Gasteiger partial charge in [0, 0.05) is 16.4 Å². The maximum Gasteiger partial charge on any atom is 0.272 e. The molecule has 0 saturated carbocycles. The van der Waals surface area contributed by atoms with Crippen molar-refractivity contribution in [3.05, 3.63) is 75.4 Å². The van der Waals surface area contributed by atoms with E-state index in [4.69, 9.17) is 16.3 Å². The molecule has 1 fully saturated rings. The van der Waals surface area contributed by atoms with Crippen molar-refractivity contribution in [3.63, 3.8) is 0 Å². The molecule has 6 heteroatoms. The van der Waals surface area contributed by atoms with E-state index in [0.29, 0.717) is 30.4 Å². The number of ether oxygens (including phenoxy) is 1. The molecule has 1 aromatic heterocycles. The summed E-state index contributed by atoms with van der Waals surface area (Å²) in [6.07, 6.45) is -0.152. The summed E-state index contributed by atoms with van der Waals surface area (Å²) in [4.78, 5) is 19.3. The highest BCUT2D eigenvalue weighted by atomic mass is 79.9. The molecule has 0 N–H and O–H groups in total. The zero-order valence-electron chi connectivity index (χ0n) is 13.9. The highest BCUT2D eigenvalue weighted by molar-refractivity contribution is 9.10. The predicted octanol–water partition coefficient (Wildman–Crippen LogP) is 4.86. The van der Waals surface area contributed by atoms with E-state index in [-0.39, 0.29) is 12.0 Å². The minimum atomic E-state index is -0.152. The van der Waals surface area contributed by atoms with Crippen LogP contribution in [0.2, 0.25) is 5.02 Å². The Labute approximate surface area is 164 Å². The molecular weight excluding hydrogens is 416 g/mol. The normalized spacial score (nSPS) is 17.5. The number of benzene rings is 2. The van der Waals surface area contributed by atoms with Gasteiger partial charge in [-0.1, -0.05) is 57.9 Å². The van der Waals surface area contributed by atoms with E-state index in [1.54, 1.807) is 11.0 Å². The van der Waals surface area contributed by atoms with Crippen molar-refractivity contribution in [1.82, 2.24) is 9.88 Å². The summed E-state index contributed by atoms with van der Waals surface area (Å²) in [6.45, 7) is 1.51. The summed E-state index contributed by atoms with van der Waals surface area (Å²) < 4.78 is 6.86. The first-order valence-electron chi connectivity index (χ1n) is 8.33.